The third kappa shape index (κ3) is 6.02. The Kier molecular flexibility index (Phi) is 5.30. The first kappa shape index (κ1) is 15.9. The predicted molar refractivity (Wildman–Crippen MR) is 74.2 cm³/mol. The molecular formula is C11H15BrN2O4S. The summed E-state index contributed by atoms with van der Waals surface area (Å²) in [4.78, 5) is 26.6. The molecule has 0 bridgehead atoms. The normalized spacial score (nSPS) is 12.8. The van der Waals surface area contributed by atoms with E-state index in [1.165, 1.54) is 11.3 Å². The van der Waals surface area contributed by atoms with Gasteiger partial charge >= 0.3 is 12.1 Å². The average molecular weight is 351 g/mol. The molecule has 0 radical (unpaired) electrons. The number of carbonyl (C=O) groups excluding carboxylic acids is 1. The van der Waals surface area contributed by atoms with E-state index in [2.05, 4.69) is 26.2 Å². The highest BCUT2D eigenvalue weighted by atomic mass is 79.9. The lowest BCUT2D eigenvalue weighted by atomic mass is 10.2. The molecule has 2 N–H and O–H groups in total. The van der Waals surface area contributed by atoms with Crippen molar-refractivity contribution in [3.8, 4) is 0 Å². The molecule has 6 nitrogen and oxygen atoms in total. The Morgan fingerprint density at radius 1 is 1.58 bits per heavy atom. The van der Waals surface area contributed by atoms with Crippen molar-refractivity contribution in [3.05, 3.63) is 15.0 Å². The number of aromatic nitrogens is 1. The lowest BCUT2D eigenvalue weighted by molar-refractivity contribution is -0.137. The van der Waals surface area contributed by atoms with E-state index < -0.39 is 23.7 Å². The van der Waals surface area contributed by atoms with Crippen LogP contribution in [0.25, 0.3) is 0 Å². The molecule has 1 heterocycles. The molecule has 1 amide bonds. The smallest absolute Gasteiger partial charge is 0.408 e. The Morgan fingerprint density at radius 3 is 2.63 bits per heavy atom. The minimum absolute atomic E-state index is 0.251. The molecule has 19 heavy (non-hydrogen) atoms. The summed E-state index contributed by atoms with van der Waals surface area (Å²) >= 11 is 4.46. The predicted octanol–water partition coefficient (Wildman–Crippen LogP) is 2.95. The fourth-order valence-corrected chi connectivity index (χ4v) is 2.57. The lowest BCUT2D eigenvalue weighted by Crippen LogP contribution is -2.35. The van der Waals surface area contributed by atoms with Gasteiger partial charge < -0.3 is 15.2 Å². The Labute approximate surface area is 123 Å². The van der Waals surface area contributed by atoms with Crippen molar-refractivity contribution >= 4 is 39.3 Å². The molecule has 0 aromatic carbocycles. The molecule has 0 spiro atoms. The van der Waals surface area contributed by atoms with E-state index in [1.54, 1.807) is 26.2 Å². The molecule has 1 rings (SSSR count). The molecule has 0 aliphatic carbocycles. The number of aliphatic carboxylic acids is 1. The van der Waals surface area contributed by atoms with Gasteiger partial charge in [-0.2, -0.15) is 0 Å². The average Bonchev–Trinajstić information content (AvgIpc) is 2.60. The largest absolute Gasteiger partial charge is 0.481 e. The van der Waals surface area contributed by atoms with E-state index in [1.807, 2.05) is 0 Å². The highest BCUT2D eigenvalue weighted by Crippen LogP contribution is 2.24. The highest BCUT2D eigenvalue weighted by molar-refractivity contribution is 9.10. The molecule has 0 saturated carbocycles. The van der Waals surface area contributed by atoms with Crippen LogP contribution in [-0.2, 0) is 9.53 Å². The number of carboxylic acid groups (broad SMARTS) is 1. The van der Waals surface area contributed by atoms with Gasteiger partial charge in [-0.15, -0.1) is 11.3 Å². The van der Waals surface area contributed by atoms with E-state index in [0.29, 0.717) is 9.61 Å². The number of rotatable bonds is 4. The van der Waals surface area contributed by atoms with Gasteiger partial charge in [-0.1, -0.05) is 0 Å². The Balaban J connectivity index is 2.76. The number of amides is 1. The van der Waals surface area contributed by atoms with Gasteiger partial charge in [0, 0.05) is 5.38 Å². The Bertz CT molecular complexity index is 470. The van der Waals surface area contributed by atoms with Crippen molar-refractivity contribution in [2.75, 3.05) is 0 Å². The molecule has 0 saturated heterocycles. The van der Waals surface area contributed by atoms with Crippen LogP contribution in [0.5, 0.6) is 0 Å². The van der Waals surface area contributed by atoms with Gasteiger partial charge in [0.1, 0.15) is 15.2 Å². The fraction of sp³-hybridized carbons (Fsp3) is 0.545. The monoisotopic (exact) mass is 350 g/mol. The topological polar surface area (TPSA) is 88.5 Å². The summed E-state index contributed by atoms with van der Waals surface area (Å²) < 4.78 is 5.71. The minimum atomic E-state index is -1.02. The molecule has 0 fully saturated rings. The molecule has 106 valence electrons. The highest BCUT2D eigenvalue weighted by Gasteiger charge is 2.24. The summed E-state index contributed by atoms with van der Waals surface area (Å²) in [5.74, 6) is -1.02. The first-order valence-corrected chi connectivity index (χ1v) is 7.17. The summed E-state index contributed by atoms with van der Waals surface area (Å²) in [7, 11) is 0. The number of alkyl carbamates (subject to hydrolysis) is 1. The van der Waals surface area contributed by atoms with Crippen molar-refractivity contribution in [2.24, 2.45) is 0 Å². The zero-order valence-corrected chi connectivity index (χ0v) is 13.2. The Hall–Kier alpha value is -1.15. The number of nitrogens with one attached hydrogen (secondary N) is 1. The number of halogens is 1. The van der Waals surface area contributed by atoms with Crippen LogP contribution in [0.15, 0.2) is 9.98 Å². The molecule has 1 atom stereocenters. The van der Waals surface area contributed by atoms with Crippen LogP contribution in [0.3, 0.4) is 0 Å². The molecule has 8 heteroatoms. The van der Waals surface area contributed by atoms with Crippen LogP contribution in [0.4, 0.5) is 4.79 Å². The first-order chi connectivity index (χ1) is 8.67. The quantitative estimate of drug-likeness (QED) is 0.871. The standard InChI is InChI=1S/C11H15BrN2O4S/c1-11(2,3)18-10(17)13-6(4-8(15)16)9-14-7(12)5-19-9/h5-6H,4H2,1-3H3,(H,13,17)(H,15,16). The number of hydrogen-bond donors (Lipinski definition) is 2. The van der Waals surface area contributed by atoms with Crippen LogP contribution in [-0.4, -0.2) is 27.8 Å². The third-order valence-corrected chi connectivity index (χ3v) is 3.53. The van der Waals surface area contributed by atoms with Gasteiger partial charge in [-0.05, 0) is 36.7 Å². The SMILES string of the molecule is CC(C)(C)OC(=O)NC(CC(=O)O)c1nc(Br)cs1. The molecule has 1 aromatic rings. The fourth-order valence-electron chi connectivity index (χ4n) is 1.25. The second kappa shape index (κ2) is 6.33. The van der Waals surface area contributed by atoms with Crippen molar-refractivity contribution in [2.45, 2.75) is 38.8 Å². The van der Waals surface area contributed by atoms with Gasteiger partial charge in [-0.25, -0.2) is 9.78 Å². The van der Waals surface area contributed by atoms with E-state index in [4.69, 9.17) is 9.84 Å². The summed E-state index contributed by atoms with van der Waals surface area (Å²) in [6, 6.07) is -0.705. The molecule has 0 aliphatic rings. The third-order valence-electron chi connectivity index (χ3n) is 1.86. The number of carboxylic acids is 1. The van der Waals surface area contributed by atoms with E-state index in [-0.39, 0.29) is 6.42 Å². The van der Waals surface area contributed by atoms with Crippen LogP contribution in [0.2, 0.25) is 0 Å². The summed E-state index contributed by atoms with van der Waals surface area (Å²) in [5, 5.41) is 13.6. The van der Waals surface area contributed by atoms with Crippen molar-refractivity contribution in [3.63, 3.8) is 0 Å². The van der Waals surface area contributed by atoms with Gasteiger partial charge in [0.15, 0.2) is 0 Å². The Morgan fingerprint density at radius 2 is 2.21 bits per heavy atom. The van der Waals surface area contributed by atoms with Crippen LogP contribution in [0.1, 0.15) is 38.2 Å². The number of thiazole rings is 1. The van der Waals surface area contributed by atoms with Crippen molar-refractivity contribution in [1.29, 1.82) is 0 Å². The van der Waals surface area contributed by atoms with E-state index in [0.717, 1.165) is 0 Å². The number of ether oxygens (including phenoxy) is 1. The van der Waals surface area contributed by atoms with Gasteiger partial charge in [0.2, 0.25) is 0 Å². The van der Waals surface area contributed by atoms with Crippen molar-refractivity contribution < 1.29 is 19.4 Å². The zero-order valence-electron chi connectivity index (χ0n) is 10.8. The van der Waals surface area contributed by atoms with Gasteiger partial charge in [0.05, 0.1) is 12.5 Å². The number of nitrogens with zero attached hydrogens (tertiary/aromatic N) is 1. The van der Waals surface area contributed by atoms with Crippen LogP contribution in [0, 0.1) is 0 Å². The summed E-state index contributed by atoms with van der Waals surface area (Å²) in [6.07, 6.45) is -0.913. The molecular weight excluding hydrogens is 336 g/mol. The number of hydrogen-bond acceptors (Lipinski definition) is 5. The maximum absolute atomic E-state index is 11.7. The summed E-state index contributed by atoms with van der Waals surface area (Å²) in [5.41, 5.74) is -0.638. The van der Waals surface area contributed by atoms with E-state index >= 15 is 0 Å². The van der Waals surface area contributed by atoms with Crippen molar-refractivity contribution in [1.82, 2.24) is 10.3 Å². The van der Waals surface area contributed by atoms with Gasteiger partial charge in [0.25, 0.3) is 0 Å². The molecule has 0 aliphatic heterocycles. The lowest BCUT2D eigenvalue weighted by Gasteiger charge is -2.22. The maximum Gasteiger partial charge on any atom is 0.408 e. The van der Waals surface area contributed by atoms with Crippen LogP contribution >= 0.6 is 27.3 Å². The minimum Gasteiger partial charge on any atom is -0.481 e. The zero-order chi connectivity index (χ0) is 14.6. The maximum atomic E-state index is 11.7. The summed E-state index contributed by atoms with van der Waals surface area (Å²) in [6.45, 7) is 5.20. The van der Waals surface area contributed by atoms with Crippen LogP contribution < -0.4 is 5.32 Å². The first-order valence-electron chi connectivity index (χ1n) is 5.49. The van der Waals surface area contributed by atoms with E-state index in [9.17, 15) is 9.59 Å². The second-order valence-electron chi connectivity index (χ2n) is 4.81. The number of carbonyl (C=O) groups is 2. The second-order valence-corrected chi connectivity index (χ2v) is 6.51. The molecule has 1 aromatic heterocycles. The molecule has 1 unspecified atom stereocenters. The van der Waals surface area contributed by atoms with Gasteiger partial charge in [-0.3, -0.25) is 4.79 Å².